The molecule has 2 aromatic carbocycles. The van der Waals surface area contributed by atoms with Gasteiger partial charge in [0.25, 0.3) is 0 Å². The van der Waals surface area contributed by atoms with Crippen LogP contribution in [0.2, 0.25) is 0 Å². The largest absolute Gasteiger partial charge is 0.493 e. The summed E-state index contributed by atoms with van der Waals surface area (Å²) in [6.07, 6.45) is 16.6. The molecule has 1 N–H and O–H groups in total. The number of halogens is 2. The van der Waals surface area contributed by atoms with E-state index in [0.717, 1.165) is 75.7 Å². The standard InChI is InChI=1S/C37H55FN2O3.ClH/c1-4-5-6-7-8-9-10-11-12-13-23-37(29-39,32-17-20-34(42-2)35(28-32)43-3)24-14-25-40-26-21-31(22-27-40)36(41)30-15-18-33(38)19-16-30;/h15-20,28,31,36,41H,4-14,21-27H2,1-3H3;1H. The van der Waals surface area contributed by atoms with Crippen LogP contribution in [0.5, 0.6) is 11.5 Å². The maximum Gasteiger partial charge on any atom is 0.161 e. The molecule has 1 saturated heterocycles. The molecule has 0 amide bonds. The van der Waals surface area contributed by atoms with Gasteiger partial charge in [-0.2, -0.15) is 5.26 Å². The maximum absolute atomic E-state index is 13.3. The lowest BCUT2D eigenvalue weighted by Crippen LogP contribution is -2.37. The fourth-order valence-electron chi connectivity index (χ4n) is 6.67. The number of ether oxygens (including phenoxy) is 2. The number of unbranched alkanes of at least 4 members (excludes halogenated alkanes) is 9. The van der Waals surface area contributed by atoms with Crippen LogP contribution in [0, 0.1) is 23.1 Å². The fourth-order valence-corrected chi connectivity index (χ4v) is 6.67. The number of rotatable bonds is 20. The van der Waals surface area contributed by atoms with Gasteiger partial charge in [0.05, 0.1) is 31.8 Å². The van der Waals surface area contributed by atoms with Crippen LogP contribution in [0.25, 0.3) is 0 Å². The summed E-state index contributed by atoms with van der Waals surface area (Å²) in [5, 5.41) is 21.5. The Bertz CT molecular complexity index is 1100. The first-order valence-electron chi connectivity index (χ1n) is 16.8. The molecule has 44 heavy (non-hydrogen) atoms. The van der Waals surface area contributed by atoms with E-state index in [1.165, 1.54) is 63.5 Å². The molecule has 246 valence electrons. The number of nitrogens with zero attached hydrogens (tertiary/aromatic N) is 2. The average Bonchev–Trinajstić information content (AvgIpc) is 3.04. The van der Waals surface area contributed by atoms with Crippen molar-refractivity contribution >= 4 is 12.4 Å². The lowest BCUT2D eigenvalue weighted by Gasteiger charge is -2.35. The number of nitriles is 1. The third-order valence-electron chi connectivity index (χ3n) is 9.48. The zero-order valence-electron chi connectivity index (χ0n) is 27.4. The third kappa shape index (κ3) is 11.5. The molecule has 1 aliphatic rings. The normalized spacial score (nSPS) is 16.0. The van der Waals surface area contributed by atoms with E-state index in [-0.39, 0.29) is 24.1 Å². The molecule has 7 heteroatoms. The van der Waals surface area contributed by atoms with Crippen molar-refractivity contribution in [3.63, 3.8) is 0 Å². The Labute approximate surface area is 272 Å². The van der Waals surface area contributed by atoms with Gasteiger partial charge in [-0.25, -0.2) is 4.39 Å². The molecule has 3 rings (SSSR count). The smallest absolute Gasteiger partial charge is 0.161 e. The first-order valence-corrected chi connectivity index (χ1v) is 16.8. The molecule has 2 unspecified atom stereocenters. The van der Waals surface area contributed by atoms with Crippen LogP contribution in [0.15, 0.2) is 42.5 Å². The van der Waals surface area contributed by atoms with Crippen LogP contribution in [0.4, 0.5) is 4.39 Å². The molecule has 2 aromatic rings. The predicted molar refractivity (Wildman–Crippen MR) is 180 cm³/mol. The van der Waals surface area contributed by atoms with Gasteiger partial charge >= 0.3 is 0 Å². The van der Waals surface area contributed by atoms with E-state index in [9.17, 15) is 14.8 Å². The Morgan fingerprint density at radius 3 is 2.00 bits per heavy atom. The summed E-state index contributed by atoms with van der Waals surface area (Å²) in [6, 6.07) is 15.0. The lowest BCUT2D eigenvalue weighted by atomic mass is 9.74. The lowest BCUT2D eigenvalue weighted by molar-refractivity contribution is 0.0580. The summed E-state index contributed by atoms with van der Waals surface area (Å²) < 4.78 is 24.4. The van der Waals surface area contributed by atoms with Gasteiger partial charge in [0.15, 0.2) is 11.5 Å². The summed E-state index contributed by atoms with van der Waals surface area (Å²) in [7, 11) is 3.29. The highest BCUT2D eigenvalue weighted by Crippen LogP contribution is 2.39. The fraction of sp³-hybridized carbons (Fsp3) is 0.649. The number of methoxy groups -OCH3 is 2. The van der Waals surface area contributed by atoms with E-state index in [4.69, 9.17) is 9.47 Å². The van der Waals surface area contributed by atoms with Gasteiger partial charge in [-0.3, -0.25) is 0 Å². The Hall–Kier alpha value is -2.33. The molecule has 0 radical (unpaired) electrons. The second-order valence-electron chi connectivity index (χ2n) is 12.5. The number of hydrogen-bond acceptors (Lipinski definition) is 5. The van der Waals surface area contributed by atoms with E-state index < -0.39 is 11.5 Å². The summed E-state index contributed by atoms with van der Waals surface area (Å²) in [5.74, 6) is 1.26. The molecular formula is C37H56ClFN2O3. The summed E-state index contributed by atoms with van der Waals surface area (Å²) in [6.45, 7) is 5.06. The second kappa shape index (κ2) is 20.7. The van der Waals surface area contributed by atoms with Gasteiger partial charge in [-0.15, -0.1) is 12.4 Å². The molecule has 0 bridgehead atoms. The molecule has 1 aliphatic heterocycles. The molecule has 5 nitrogen and oxygen atoms in total. The van der Waals surface area contributed by atoms with Gasteiger partial charge in [0.1, 0.15) is 5.82 Å². The Morgan fingerprint density at radius 1 is 0.864 bits per heavy atom. The second-order valence-corrected chi connectivity index (χ2v) is 12.5. The minimum absolute atomic E-state index is 0. The number of benzene rings is 2. The zero-order chi connectivity index (χ0) is 30.9. The summed E-state index contributed by atoms with van der Waals surface area (Å²) in [4.78, 5) is 2.46. The van der Waals surface area contributed by atoms with Gasteiger partial charge in [0, 0.05) is 0 Å². The van der Waals surface area contributed by atoms with Gasteiger partial charge in [0.2, 0.25) is 0 Å². The zero-order valence-corrected chi connectivity index (χ0v) is 28.2. The van der Waals surface area contributed by atoms with Crippen molar-refractivity contribution in [2.75, 3.05) is 33.9 Å². The van der Waals surface area contributed by atoms with Crippen molar-refractivity contribution in [2.24, 2.45) is 5.92 Å². The third-order valence-corrected chi connectivity index (χ3v) is 9.48. The molecule has 1 fully saturated rings. The molecule has 0 spiro atoms. The summed E-state index contributed by atoms with van der Waals surface area (Å²) >= 11 is 0. The molecular weight excluding hydrogens is 575 g/mol. The monoisotopic (exact) mass is 630 g/mol. The number of aliphatic hydroxyl groups is 1. The molecule has 0 aromatic heterocycles. The van der Waals surface area contributed by atoms with Crippen LogP contribution in [-0.4, -0.2) is 43.9 Å². The van der Waals surface area contributed by atoms with Crippen molar-refractivity contribution in [1.82, 2.24) is 4.90 Å². The average molecular weight is 631 g/mol. The van der Waals surface area contributed by atoms with Gasteiger partial charge in [-0.05, 0) is 93.0 Å². The Kier molecular flexibility index (Phi) is 17.8. The predicted octanol–water partition coefficient (Wildman–Crippen LogP) is 9.56. The SMILES string of the molecule is CCCCCCCCCCCCC(C#N)(CCCN1CCC(C(O)c2ccc(F)cc2)CC1)c1ccc(OC)c(OC)c1.Cl. The highest BCUT2D eigenvalue weighted by atomic mass is 35.5. The van der Waals surface area contributed by atoms with Crippen LogP contribution in [-0.2, 0) is 5.41 Å². The maximum atomic E-state index is 13.3. The minimum atomic E-state index is -0.559. The van der Waals surface area contributed by atoms with Crippen LogP contribution >= 0.6 is 12.4 Å². The van der Waals surface area contributed by atoms with Crippen LogP contribution < -0.4 is 9.47 Å². The van der Waals surface area contributed by atoms with E-state index in [2.05, 4.69) is 17.9 Å². The van der Waals surface area contributed by atoms with E-state index in [1.54, 1.807) is 26.4 Å². The number of likely N-dealkylation sites (tertiary alicyclic amines) is 1. The van der Waals surface area contributed by atoms with E-state index in [0.29, 0.717) is 11.5 Å². The minimum Gasteiger partial charge on any atom is -0.493 e. The van der Waals surface area contributed by atoms with Crippen molar-refractivity contribution in [1.29, 1.82) is 5.26 Å². The van der Waals surface area contributed by atoms with E-state index in [1.807, 2.05) is 18.2 Å². The van der Waals surface area contributed by atoms with Crippen molar-refractivity contribution in [3.05, 3.63) is 59.4 Å². The van der Waals surface area contributed by atoms with Crippen LogP contribution in [0.1, 0.15) is 120 Å². The molecule has 1 heterocycles. The van der Waals surface area contributed by atoms with Crippen molar-refractivity contribution in [2.45, 2.75) is 115 Å². The highest BCUT2D eigenvalue weighted by molar-refractivity contribution is 5.85. The van der Waals surface area contributed by atoms with Gasteiger partial charge < -0.3 is 19.5 Å². The number of hydrogen-bond donors (Lipinski definition) is 1. The molecule has 0 saturated carbocycles. The first kappa shape index (κ1) is 37.9. The van der Waals surface area contributed by atoms with Crippen LogP contribution in [0.3, 0.4) is 0 Å². The Morgan fingerprint density at radius 2 is 1.43 bits per heavy atom. The quantitative estimate of drug-likeness (QED) is 0.148. The van der Waals surface area contributed by atoms with Gasteiger partial charge in [-0.1, -0.05) is 89.3 Å². The number of piperidine rings is 1. The first-order chi connectivity index (χ1) is 21.0. The number of aliphatic hydroxyl groups excluding tert-OH is 1. The van der Waals surface area contributed by atoms with Crippen molar-refractivity contribution < 1.29 is 19.0 Å². The molecule has 2 atom stereocenters. The molecule has 0 aliphatic carbocycles. The Balaban J connectivity index is 0.00000675. The summed E-state index contributed by atoms with van der Waals surface area (Å²) in [5.41, 5.74) is 1.25. The van der Waals surface area contributed by atoms with E-state index >= 15 is 0 Å². The van der Waals surface area contributed by atoms with Crippen molar-refractivity contribution in [3.8, 4) is 17.6 Å². The topological polar surface area (TPSA) is 65.7 Å². The highest BCUT2D eigenvalue weighted by Gasteiger charge is 2.33.